The lowest BCUT2D eigenvalue weighted by atomic mass is 9.95. The zero-order valence-corrected chi connectivity index (χ0v) is 19.5. The lowest BCUT2D eigenvalue weighted by Crippen LogP contribution is -2.39. The van der Waals surface area contributed by atoms with Crippen LogP contribution in [0.5, 0.6) is 5.75 Å². The fourth-order valence-corrected chi connectivity index (χ4v) is 5.51. The highest BCUT2D eigenvalue weighted by atomic mass is 16.5. The number of para-hydroxylation sites is 3. The highest BCUT2D eigenvalue weighted by Crippen LogP contribution is 2.29. The molecule has 5 heteroatoms. The molecule has 0 atom stereocenters. The van der Waals surface area contributed by atoms with Crippen molar-refractivity contribution >= 4 is 16.9 Å². The van der Waals surface area contributed by atoms with Gasteiger partial charge in [-0.2, -0.15) is 0 Å². The van der Waals surface area contributed by atoms with Gasteiger partial charge in [0.25, 0.3) is 0 Å². The number of hydrogen-bond donors (Lipinski definition) is 0. The molecule has 1 saturated heterocycles. The number of likely N-dealkylation sites (tertiary alicyclic amines) is 1. The lowest BCUT2D eigenvalue weighted by molar-refractivity contribution is -0.133. The van der Waals surface area contributed by atoms with Crippen molar-refractivity contribution in [1.29, 1.82) is 0 Å². The number of piperidine rings is 1. The molecule has 174 valence electrons. The fourth-order valence-electron chi connectivity index (χ4n) is 5.51. The SMILES string of the molecule is O=C(CCC1CCCC1)N1CCC(Cn2c(COc3ccccc3)nc3ccccc32)CC1. The van der Waals surface area contributed by atoms with E-state index in [0.717, 1.165) is 68.3 Å². The Morgan fingerprint density at radius 2 is 1.64 bits per heavy atom. The number of amides is 1. The number of fused-ring (bicyclic) bond motifs is 1. The van der Waals surface area contributed by atoms with Crippen molar-refractivity contribution in [3.05, 3.63) is 60.4 Å². The molecule has 1 aliphatic heterocycles. The van der Waals surface area contributed by atoms with Crippen molar-refractivity contribution in [2.45, 2.75) is 64.5 Å². The third-order valence-corrected chi connectivity index (χ3v) is 7.49. The topological polar surface area (TPSA) is 47.4 Å². The van der Waals surface area contributed by atoms with Crippen LogP contribution < -0.4 is 4.74 Å². The second-order valence-electron chi connectivity index (χ2n) is 9.74. The maximum Gasteiger partial charge on any atom is 0.222 e. The summed E-state index contributed by atoms with van der Waals surface area (Å²) in [5, 5.41) is 0. The minimum absolute atomic E-state index is 0.366. The Morgan fingerprint density at radius 1 is 0.909 bits per heavy atom. The Kier molecular flexibility index (Phi) is 6.94. The van der Waals surface area contributed by atoms with Crippen LogP contribution in [0.1, 0.15) is 57.2 Å². The van der Waals surface area contributed by atoms with Crippen LogP contribution in [0.3, 0.4) is 0 Å². The van der Waals surface area contributed by atoms with E-state index in [2.05, 4.69) is 27.7 Å². The average Bonchev–Trinajstić information content (AvgIpc) is 3.51. The van der Waals surface area contributed by atoms with Crippen LogP contribution in [0.25, 0.3) is 11.0 Å². The number of carbonyl (C=O) groups excluding carboxylic acids is 1. The molecule has 1 aromatic heterocycles. The molecule has 2 fully saturated rings. The molecule has 0 bridgehead atoms. The third kappa shape index (κ3) is 5.40. The minimum atomic E-state index is 0.366. The molecule has 2 aliphatic rings. The first-order valence-corrected chi connectivity index (χ1v) is 12.7. The maximum atomic E-state index is 12.7. The van der Waals surface area contributed by atoms with E-state index in [-0.39, 0.29) is 0 Å². The first kappa shape index (κ1) is 22.0. The van der Waals surface area contributed by atoms with Crippen molar-refractivity contribution in [1.82, 2.24) is 14.5 Å². The van der Waals surface area contributed by atoms with E-state index in [9.17, 15) is 4.79 Å². The van der Waals surface area contributed by atoms with Gasteiger partial charge in [0.05, 0.1) is 11.0 Å². The van der Waals surface area contributed by atoms with Gasteiger partial charge in [0.15, 0.2) is 0 Å². The van der Waals surface area contributed by atoms with Crippen LogP contribution in [0.4, 0.5) is 0 Å². The molecule has 2 aromatic carbocycles. The van der Waals surface area contributed by atoms with Gasteiger partial charge in [0.1, 0.15) is 18.2 Å². The molecule has 0 N–H and O–H groups in total. The molecule has 3 aromatic rings. The predicted molar refractivity (Wildman–Crippen MR) is 131 cm³/mol. The van der Waals surface area contributed by atoms with E-state index in [1.807, 2.05) is 36.4 Å². The molecule has 0 radical (unpaired) electrons. The van der Waals surface area contributed by atoms with E-state index < -0.39 is 0 Å². The number of hydrogen-bond acceptors (Lipinski definition) is 3. The molecule has 1 aliphatic carbocycles. The highest BCUT2D eigenvalue weighted by Gasteiger charge is 2.25. The Bertz CT molecular complexity index is 1050. The Labute approximate surface area is 196 Å². The molecule has 0 unspecified atom stereocenters. The van der Waals surface area contributed by atoms with Crippen molar-refractivity contribution in [2.75, 3.05) is 13.1 Å². The van der Waals surface area contributed by atoms with Gasteiger partial charge in [-0.05, 0) is 55.4 Å². The van der Waals surface area contributed by atoms with Crippen LogP contribution in [0.2, 0.25) is 0 Å². The number of carbonyl (C=O) groups is 1. The van der Waals surface area contributed by atoms with E-state index in [0.29, 0.717) is 18.4 Å². The second kappa shape index (κ2) is 10.4. The summed E-state index contributed by atoms with van der Waals surface area (Å²) >= 11 is 0. The van der Waals surface area contributed by atoms with Gasteiger partial charge in [0, 0.05) is 26.1 Å². The number of aromatic nitrogens is 2. The van der Waals surface area contributed by atoms with Gasteiger partial charge in [-0.1, -0.05) is 56.0 Å². The summed E-state index contributed by atoms with van der Waals surface area (Å²) in [5.74, 6) is 3.54. The number of ether oxygens (including phenoxy) is 1. The quantitative estimate of drug-likeness (QED) is 0.439. The Morgan fingerprint density at radius 3 is 2.42 bits per heavy atom. The van der Waals surface area contributed by atoms with Crippen molar-refractivity contribution in [3.8, 4) is 5.75 Å². The largest absolute Gasteiger partial charge is 0.486 e. The highest BCUT2D eigenvalue weighted by molar-refractivity contribution is 5.76. The summed E-state index contributed by atoms with van der Waals surface area (Å²) in [6, 6.07) is 18.3. The average molecular weight is 446 g/mol. The summed E-state index contributed by atoms with van der Waals surface area (Å²) < 4.78 is 8.37. The van der Waals surface area contributed by atoms with Gasteiger partial charge in [-0.15, -0.1) is 0 Å². The summed E-state index contributed by atoms with van der Waals surface area (Å²) in [5.41, 5.74) is 2.18. The summed E-state index contributed by atoms with van der Waals surface area (Å²) in [6.45, 7) is 3.16. The van der Waals surface area contributed by atoms with E-state index >= 15 is 0 Å². The van der Waals surface area contributed by atoms with Crippen LogP contribution in [-0.2, 0) is 17.9 Å². The first-order valence-electron chi connectivity index (χ1n) is 12.7. The summed E-state index contributed by atoms with van der Waals surface area (Å²) in [7, 11) is 0. The van der Waals surface area contributed by atoms with Crippen LogP contribution in [0, 0.1) is 11.8 Å². The molecular weight excluding hydrogens is 410 g/mol. The summed E-state index contributed by atoms with van der Waals surface area (Å²) in [4.78, 5) is 19.7. The predicted octanol–water partition coefficient (Wildman–Crippen LogP) is 5.82. The van der Waals surface area contributed by atoms with Gasteiger partial charge in [0.2, 0.25) is 5.91 Å². The van der Waals surface area contributed by atoms with Gasteiger partial charge in [-0.3, -0.25) is 4.79 Å². The second-order valence-corrected chi connectivity index (χ2v) is 9.74. The lowest BCUT2D eigenvalue weighted by Gasteiger charge is -2.33. The Hall–Kier alpha value is -2.82. The smallest absolute Gasteiger partial charge is 0.222 e. The van der Waals surface area contributed by atoms with Crippen molar-refractivity contribution in [3.63, 3.8) is 0 Å². The fraction of sp³-hybridized carbons (Fsp3) is 0.500. The van der Waals surface area contributed by atoms with Gasteiger partial charge in [-0.25, -0.2) is 4.98 Å². The third-order valence-electron chi connectivity index (χ3n) is 7.49. The van der Waals surface area contributed by atoms with Crippen molar-refractivity contribution in [2.24, 2.45) is 11.8 Å². The molecule has 1 amide bonds. The number of imidazole rings is 1. The van der Waals surface area contributed by atoms with Gasteiger partial charge < -0.3 is 14.2 Å². The summed E-state index contributed by atoms with van der Waals surface area (Å²) in [6.07, 6.45) is 9.29. The van der Waals surface area contributed by atoms with Crippen LogP contribution in [0.15, 0.2) is 54.6 Å². The molecular formula is C28H35N3O2. The Balaban J connectivity index is 1.20. The zero-order chi connectivity index (χ0) is 22.5. The van der Waals surface area contributed by atoms with Crippen LogP contribution >= 0.6 is 0 Å². The van der Waals surface area contributed by atoms with E-state index in [1.165, 1.54) is 31.2 Å². The molecule has 2 heterocycles. The van der Waals surface area contributed by atoms with Gasteiger partial charge >= 0.3 is 0 Å². The normalized spacial score (nSPS) is 17.6. The molecule has 5 nitrogen and oxygen atoms in total. The van der Waals surface area contributed by atoms with Crippen LogP contribution in [-0.4, -0.2) is 33.4 Å². The molecule has 33 heavy (non-hydrogen) atoms. The number of nitrogens with zero attached hydrogens (tertiary/aromatic N) is 3. The van der Waals surface area contributed by atoms with Crippen molar-refractivity contribution < 1.29 is 9.53 Å². The molecule has 5 rings (SSSR count). The van der Waals surface area contributed by atoms with E-state index in [1.54, 1.807) is 0 Å². The zero-order valence-electron chi connectivity index (χ0n) is 19.5. The monoisotopic (exact) mass is 445 g/mol. The minimum Gasteiger partial charge on any atom is -0.486 e. The van der Waals surface area contributed by atoms with E-state index in [4.69, 9.17) is 9.72 Å². The number of benzene rings is 2. The number of rotatable bonds is 8. The first-order chi connectivity index (χ1) is 16.3. The molecule has 0 spiro atoms. The standard InChI is InChI=1S/C28H35N3O2/c32-28(15-14-22-8-4-5-9-22)30-18-16-23(17-19-30)20-31-26-13-7-6-12-25(26)29-27(31)21-33-24-10-2-1-3-11-24/h1-3,6-7,10-13,22-23H,4-5,8-9,14-21H2. The molecule has 1 saturated carbocycles. The maximum absolute atomic E-state index is 12.7.